The van der Waals surface area contributed by atoms with E-state index in [1.54, 1.807) is 0 Å². The van der Waals surface area contributed by atoms with Gasteiger partial charge in [0.05, 0.1) is 18.4 Å². The van der Waals surface area contributed by atoms with Crippen LogP contribution >= 0.6 is 0 Å². The molecule has 0 atom stereocenters. The Balaban J connectivity index is 1.42. The molecule has 2 aromatic heterocycles. The second-order valence-corrected chi connectivity index (χ2v) is 6.93. The average Bonchev–Trinajstić information content (AvgIpc) is 3.30. The summed E-state index contributed by atoms with van der Waals surface area (Å²) < 4.78 is 2.01. The number of rotatable bonds is 6. The normalized spacial score (nSPS) is 16.6. The first kappa shape index (κ1) is 15.9. The van der Waals surface area contributed by atoms with Crippen LogP contribution in [-0.2, 0) is 17.9 Å². The summed E-state index contributed by atoms with van der Waals surface area (Å²) in [4.78, 5) is 22.5. The molecule has 2 aliphatic rings. The first-order chi connectivity index (χ1) is 12.1. The molecule has 25 heavy (non-hydrogen) atoms. The van der Waals surface area contributed by atoms with Crippen LogP contribution in [0.1, 0.15) is 30.5 Å². The summed E-state index contributed by atoms with van der Waals surface area (Å²) in [5, 5.41) is 10.5. The lowest BCUT2D eigenvalue weighted by molar-refractivity contribution is -0.115. The van der Waals surface area contributed by atoms with Crippen molar-refractivity contribution >= 4 is 23.4 Å². The van der Waals surface area contributed by atoms with E-state index in [0.29, 0.717) is 24.7 Å². The highest BCUT2D eigenvalue weighted by Crippen LogP contribution is 2.32. The number of nitrogens with zero attached hydrogens (tertiary/aromatic N) is 5. The molecular formula is C17H23N7O. The number of anilines is 3. The van der Waals surface area contributed by atoms with Crippen LogP contribution in [0.4, 0.5) is 17.5 Å². The van der Waals surface area contributed by atoms with Crippen molar-refractivity contribution in [1.29, 1.82) is 0 Å². The molecule has 0 saturated heterocycles. The molecule has 0 unspecified atom stereocenters. The van der Waals surface area contributed by atoms with Crippen LogP contribution in [0.5, 0.6) is 0 Å². The zero-order chi connectivity index (χ0) is 17.4. The summed E-state index contributed by atoms with van der Waals surface area (Å²) in [5.41, 5.74) is 2.56. The van der Waals surface area contributed by atoms with Crippen molar-refractivity contribution in [2.24, 2.45) is 5.92 Å². The Morgan fingerprint density at radius 1 is 1.36 bits per heavy atom. The van der Waals surface area contributed by atoms with Gasteiger partial charge in [-0.1, -0.05) is 12.8 Å². The molecule has 4 rings (SSSR count). The van der Waals surface area contributed by atoms with Crippen molar-refractivity contribution in [3.05, 3.63) is 23.7 Å². The Morgan fingerprint density at radius 2 is 2.20 bits per heavy atom. The second kappa shape index (κ2) is 6.34. The summed E-state index contributed by atoms with van der Waals surface area (Å²) in [6.07, 6.45) is 7.93. The van der Waals surface area contributed by atoms with Crippen LogP contribution in [0.25, 0.3) is 0 Å². The highest BCUT2D eigenvalue weighted by Gasteiger charge is 2.24. The summed E-state index contributed by atoms with van der Waals surface area (Å²) in [7, 11) is 1.86. The van der Waals surface area contributed by atoms with Gasteiger partial charge in [-0.2, -0.15) is 10.1 Å². The quantitative estimate of drug-likeness (QED) is 0.833. The number of fused-ring (bicyclic) bond motifs is 1. The van der Waals surface area contributed by atoms with E-state index in [0.717, 1.165) is 29.5 Å². The van der Waals surface area contributed by atoms with Crippen LogP contribution in [0.15, 0.2) is 12.4 Å². The standard InChI is InChI=1S/C17H23N7O/c1-11-15-16(23(2)10-14(25)21-15)22-17(20-11)18-7-13-8-19-24(9-13)6-5-12-3-4-12/h8-9,12H,3-7,10H2,1-2H3,(H,21,25)(H,18,20,22). The van der Waals surface area contributed by atoms with Gasteiger partial charge in [0.15, 0.2) is 5.82 Å². The van der Waals surface area contributed by atoms with E-state index < -0.39 is 0 Å². The van der Waals surface area contributed by atoms with Crippen LogP contribution < -0.4 is 15.5 Å². The Morgan fingerprint density at radius 3 is 3.00 bits per heavy atom. The molecule has 3 heterocycles. The number of amides is 1. The zero-order valence-corrected chi connectivity index (χ0v) is 14.6. The highest BCUT2D eigenvalue weighted by atomic mass is 16.2. The van der Waals surface area contributed by atoms with Gasteiger partial charge in [0.1, 0.15) is 5.69 Å². The van der Waals surface area contributed by atoms with E-state index >= 15 is 0 Å². The molecule has 132 valence electrons. The summed E-state index contributed by atoms with van der Waals surface area (Å²) in [6, 6.07) is 0. The number of hydrogen-bond donors (Lipinski definition) is 2. The fourth-order valence-electron chi connectivity index (χ4n) is 3.05. The number of likely N-dealkylation sites (N-methyl/N-ethyl adjacent to an activating group) is 1. The third-order valence-electron chi connectivity index (χ3n) is 4.68. The maximum Gasteiger partial charge on any atom is 0.244 e. The third-order valence-corrected chi connectivity index (χ3v) is 4.68. The largest absolute Gasteiger partial charge is 0.350 e. The van der Waals surface area contributed by atoms with E-state index in [4.69, 9.17) is 0 Å². The molecule has 1 fully saturated rings. The van der Waals surface area contributed by atoms with Crippen molar-refractivity contribution in [1.82, 2.24) is 19.7 Å². The van der Waals surface area contributed by atoms with Crippen molar-refractivity contribution in [3.8, 4) is 0 Å². The lowest BCUT2D eigenvalue weighted by atomic mass is 10.2. The van der Waals surface area contributed by atoms with E-state index in [9.17, 15) is 4.79 Å². The summed E-state index contributed by atoms with van der Waals surface area (Å²) >= 11 is 0. The molecule has 1 aliphatic carbocycles. The lowest BCUT2D eigenvalue weighted by Gasteiger charge is -2.27. The molecule has 0 spiro atoms. The number of aryl methyl sites for hydroxylation is 2. The van der Waals surface area contributed by atoms with E-state index in [1.165, 1.54) is 19.3 Å². The SMILES string of the molecule is Cc1nc(NCc2cnn(CCC3CC3)c2)nc2c1NC(=O)CN2C. The maximum atomic E-state index is 11.7. The summed E-state index contributed by atoms with van der Waals surface area (Å²) in [6.45, 7) is 3.79. The second-order valence-electron chi connectivity index (χ2n) is 6.93. The highest BCUT2D eigenvalue weighted by molar-refractivity contribution is 6.00. The molecule has 0 radical (unpaired) electrons. The van der Waals surface area contributed by atoms with Gasteiger partial charge in [-0.15, -0.1) is 0 Å². The van der Waals surface area contributed by atoms with Gasteiger partial charge in [0, 0.05) is 31.9 Å². The number of carbonyl (C=O) groups excluding carboxylic acids is 1. The minimum atomic E-state index is -0.0407. The van der Waals surface area contributed by atoms with Crippen LogP contribution in [0.3, 0.4) is 0 Å². The predicted molar refractivity (Wildman–Crippen MR) is 95.6 cm³/mol. The van der Waals surface area contributed by atoms with Gasteiger partial charge in [-0.3, -0.25) is 9.48 Å². The number of aromatic nitrogens is 4. The fraction of sp³-hybridized carbons (Fsp3) is 0.529. The van der Waals surface area contributed by atoms with Crippen LogP contribution in [0, 0.1) is 12.8 Å². The Kier molecular flexibility index (Phi) is 4.03. The Bertz CT molecular complexity index is 796. The van der Waals surface area contributed by atoms with E-state index in [1.807, 2.05) is 29.7 Å². The van der Waals surface area contributed by atoms with Gasteiger partial charge in [0.2, 0.25) is 11.9 Å². The van der Waals surface area contributed by atoms with Crippen molar-refractivity contribution < 1.29 is 4.79 Å². The number of nitrogens with one attached hydrogen (secondary N) is 2. The van der Waals surface area contributed by atoms with Crippen LogP contribution in [-0.4, -0.2) is 39.2 Å². The van der Waals surface area contributed by atoms with E-state index in [2.05, 4.69) is 31.9 Å². The van der Waals surface area contributed by atoms with Gasteiger partial charge in [0.25, 0.3) is 0 Å². The minimum absolute atomic E-state index is 0.0407. The molecule has 8 heteroatoms. The van der Waals surface area contributed by atoms with Crippen molar-refractivity contribution in [2.45, 2.75) is 39.3 Å². The molecule has 8 nitrogen and oxygen atoms in total. The fourth-order valence-corrected chi connectivity index (χ4v) is 3.05. The van der Waals surface area contributed by atoms with Crippen LogP contribution in [0.2, 0.25) is 0 Å². The topological polar surface area (TPSA) is 88.0 Å². The zero-order valence-electron chi connectivity index (χ0n) is 14.6. The van der Waals surface area contributed by atoms with Gasteiger partial charge in [-0.05, 0) is 19.3 Å². The molecular weight excluding hydrogens is 318 g/mol. The lowest BCUT2D eigenvalue weighted by Crippen LogP contribution is -2.36. The first-order valence-corrected chi connectivity index (χ1v) is 8.73. The molecule has 0 bridgehead atoms. The maximum absolute atomic E-state index is 11.7. The smallest absolute Gasteiger partial charge is 0.244 e. The van der Waals surface area contributed by atoms with Gasteiger partial charge in [-0.25, -0.2) is 4.98 Å². The van der Waals surface area contributed by atoms with Crippen molar-refractivity contribution in [2.75, 3.05) is 29.1 Å². The third kappa shape index (κ3) is 3.57. The van der Waals surface area contributed by atoms with Gasteiger partial charge >= 0.3 is 0 Å². The summed E-state index contributed by atoms with van der Waals surface area (Å²) in [5.74, 6) is 2.18. The first-order valence-electron chi connectivity index (χ1n) is 8.73. The monoisotopic (exact) mass is 341 g/mol. The van der Waals surface area contributed by atoms with Crippen molar-refractivity contribution in [3.63, 3.8) is 0 Å². The molecule has 1 amide bonds. The molecule has 0 aromatic carbocycles. The Labute approximate surface area is 146 Å². The average molecular weight is 341 g/mol. The number of hydrogen-bond acceptors (Lipinski definition) is 6. The van der Waals surface area contributed by atoms with E-state index in [-0.39, 0.29) is 5.91 Å². The minimum Gasteiger partial charge on any atom is -0.350 e. The number of carbonyl (C=O) groups is 1. The molecule has 2 aromatic rings. The molecule has 1 aliphatic heterocycles. The van der Waals surface area contributed by atoms with Gasteiger partial charge < -0.3 is 15.5 Å². The predicted octanol–water partition coefficient (Wildman–Crippen LogP) is 1.78. The molecule has 1 saturated carbocycles. The molecule has 2 N–H and O–H groups in total. The Hall–Kier alpha value is -2.64.